The van der Waals surface area contributed by atoms with Crippen LogP contribution < -0.4 is 0 Å². The van der Waals surface area contributed by atoms with Gasteiger partial charge in [0, 0.05) is 5.56 Å². The highest BCUT2D eigenvalue weighted by molar-refractivity contribution is 8.34. The maximum absolute atomic E-state index is 10.2. The van der Waals surface area contributed by atoms with Crippen LogP contribution in [0.2, 0.25) is 0 Å². The van der Waals surface area contributed by atoms with Crippen molar-refractivity contribution in [3.63, 3.8) is 0 Å². The Morgan fingerprint density at radius 1 is 0.867 bits per heavy atom. The van der Waals surface area contributed by atoms with Crippen LogP contribution in [0, 0.1) is 0 Å². The van der Waals surface area contributed by atoms with Gasteiger partial charge in [-0.05, 0) is 69.3 Å². The van der Waals surface area contributed by atoms with Crippen molar-refractivity contribution < 1.29 is 15.0 Å². The molecule has 30 heavy (non-hydrogen) atoms. The first-order valence-corrected chi connectivity index (χ1v) is 15.7. The molecule has 0 bridgehead atoms. The Morgan fingerprint density at radius 3 is 1.43 bits per heavy atom. The molecule has 0 radical (unpaired) electrons. The first kappa shape index (κ1) is 31.5. The summed E-state index contributed by atoms with van der Waals surface area (Å²) in [4.78, 5) is 10.2. The second-order valence-corrected chi connectivity index (χ2v) is 20.4. The van der Waals surface area contributed by atoms with E-state index in [9.17, 15) is 4.79 Å². The minimum Gasteiger partial charge on any atom is -0.508 e. The average molecular weight is 463 g/mol. The summed E-state index contributed by atoms with van der Waals surface area (Å²) in [5.41, 5.74) is 0.904. The Kier molecular flexibility index (Phi) is 13.7. The summed E-state index contributed by atoms with van der Waals surface area (Å²) in [7, 11) is -0.729. The van der Waals surface area contributed by atoms with Crippen LogP contribution in [0.1, 0.15) is 78.2 Å². The molecule has 2 N–H and O–H groups in total. The lowest BCUT2D eigenvalue weighted by Crippen LogP contribution is -2.27. The molecule has 0 heterocycles. The zero-order chi connectivity index (χ0) is 24.5. The molecule has 1 aromatic rings. The molecule has 1 aromatic carbocycles. The molecule has 180 valence electrons. The van der Waals surface area contributed by atoms with Crippen LogP contribution >= 0.6 is 20.1 Å². The minimum absolute atomic E-state index is 0.00125. The molecule has 0 atom stereocenters. The number of aldehydes is 1. The number of aliphatic hydroxyl groups excluding tert-OH is 1. The summed E-state index contributed by atoms with van der Waals surface area (Å²) in [5, 5.41) is 20.2. The predicted octanol–water partition coefficient (Wildman–Crippen LogP) is 6.82. The van der Waals surface area contributed by atoms with Gasteiger partial charge in [-0.2, -0.15) is 0 Å². The third-order valence-electron chi connectivity index (χ3n) is 6.20. The normalized spacial score (nSPS) is 13.4. The maximum Gasteiger partial charge on any atom is 0.150 e. The summed E-state index contributed by atoms with van der Waals surface area (Å²) in [6.07, 6.45) is 10.2. The van der Waals surface area contributed by atoms with Crippen LogP contribution in [0.25, 0.3) is 0 Å². The molecule has 0 unspecified atom stereocenters. The molecule has 0 saturated heterocycles. The molecule has 0 saturated carbocycles. The fraction of sp³-hybridized carbons (Fsp3) is 0.720. The van der Waals surface area contributed by atoms with Crippen LogP contribution in [-0.4, -0.2) is 62.0 Å². The lowest BCUT2D eigenvalue weighted by atomic mass is 10.1. The SMILES string of the molecule is CC(C)(C)S(C)(C)C.CC(C)S(C)(C(C)C)C(C)C.O=Cc1cc(O)cc(CO)c1. The van der Waals surface area contributed by atoms with E-state index < -0.39 is 0 Å². The summed E-state index contributed by atoms with van der Waals surface area (Å²) in [6, 6.07) is 4.27. The van der Waals surface area contributed by atoms with Gasteiger partial charge >= 0.3 is 0 Å². The van der Waals surface area contributed by atoms with Gasteiger partial charge < -0.3 is 10.2 Å². The number of rotatable bonds is 5. The molecular weight excluding hydrogens is 412 g/mol. The van der Waals surface area contributed by atoms with Gasteiger partial charge in [0.25, 0.3) is 0 Å². The van der Waals surface area contributed by atoms with E-state index in [2.05, 4.69) is 87.3 Å². The van der Waals surface area contributed by atoms with Crippen LogP contribution in [0.3, 0.4) is 0 Å². The van der Waals surface area contributed by atoms with Gasteiger partial charge in [0.05, 0.1) is 6.61 Å². The van der Waals surface area contributed by atoms with Crippen molar-refractivity contribution >= 4 is 26.3 Å². The Hall–Kier alpha value is -0.650. The fourth-order valence-electron chi connectivity index (χ4n) is 2.49. The van der Waals surface area contributed by atoms with E-state index in [-0.39, 0.29) is 32.4 Å². The largest absolute Gasteiger partial charge is 0.508 e. The number of phenolic OH excluding ortho intramolecular Hbond substituents is 1. The number of aromatic hydroxyl groups is 1. The molecular formula is C25H50O3S2. The van der Waals surface area contributed by atoms with E-state index in [1.54, 1.807) is 0 Å². The van der Waals surface area contributed by atoms with Crippen molar-refractivity contribution in [2.75, 3.05) is 25.0 Å². The molecule has 0 aromatic heterocycles. The first-order chi connectivity index (χ1) is 13.3. The Bertz CT molecular complexity index is 590. The molecule has 3 nitrogen and oxygen atoms in total. The Balaban J connectivity index is 0. The molecule has 0 aliphatic heterocycles. The zero-order valence-corrected chi connectivity index (χ0v) is 23.5. The third kappa shape index (κ3) is 10.6. The minimum atomic E-state index is -0.389. The van der Waals surface area contributed by atoms with Crippen molar-refractivity contribution in [2.45, 2.75) is 89.4 Å². The van der Waals surface area contributed by atoms with Crippen LogP contribution in [0.4, 0.5) is 0 Å². The van der Waals surface area contributed by atoms with E-state index in [0.717, 1.165) is 15.7 Å². The summed E-state index contributed by atoms with van der Waals surface area (Å²) in [6.45, 7) is 21.0. The lowest BCUT2D eigenvalue weighted by Gasteiger charge is -2.48. The predicted molar refractivity (Wildman–Crippen MR) is 143 cm³/mol. The van der Waals surface area contributed by atoms with Crippen molar-refractivity contribution in [2.24, 2.45) is 0 Å². The zero-order valence-electron chi connectivity index (χ0n) is 21.9. The van der Waals surface area contributed by atoms with Gasteiger partial charge in [-0.1, -0.05) is 62.3 Å². The highest BCUT2D eigenvalue weighted by Crippen LogP contribution is 2.56. The maximum atomic E-state index is 10.2. The van der Waals surface area contributed by atoms with Gasteiger partial charge in [0.2, 0.25) is 0 Å². The molecule has 0 aliphatic carbocycles. The van der Waals surface area contributed by atoms with Gasteiger partial charge in [0.15, 0.2) is 0 Å². The molecule has 0 spiro atoms. The fourth-order valence-corrected chi connectivity index (χ4v) is 5.76. The summed E-state index contributed by atoms with van der Waals surface area (Å²) in [5.74, 6) is -0.00125. The van der Waals surface area contributed by atoms with Gasteiger partial charge in [0.1, 0.15) is 12.0 Å². The first-order valence-electron chi connectivity index (χ1n) is 10.7. The van der Waals surface area contributed by atoms with E-state index >= 15 is 0 Å². The molecule has 1 rings (SSSR count). The second-order valence-electron chi connectivity index (χ2n) is 10.4. The average Bonchev–Trinajstić information content (AvgIpc) is 2.59. The Morgan fingerprint density at radius 2 is 1.23 bits per heavy atom. The number of carbonyl (C=O) groups is 1. The van der Waals surface area contributed by atoms with Crippen LogP contribution in [-0.2, 0) is 6.61 Å². The monoisotopic (exact) mass is 462 g/mol. The smallest absolute Gasteiger partial charge is 0.150 e. The number of aliphatic hydroxyl groups is 1. The van der Waals surface area contributed by atoms with E-state index in [1.807, 2.05) is 0 Å². The van der Waals surface area contributed by atoms with E-state index in [1.165, 1.54) is 18.2 Å². The molecule has 0 fully saturated rings. The Labute approximate surface area is 190 Å². The van der Waals surface area contributed by atoms with Crippen molar-refractivity contribution in [1.82, 2.24) is 0 Å². The van der Waals surface area contributed by atoms with Crippen molar-refractivity contribution in [3.8, 4) is 5.75 Å². The number of hydrogen-bond donors (Lipinski definition) is 2. The highest BCUT2D eigenvalue weighted by Gasteiger charge is 2.29. The van der Waals surface area contributed by atoms with E-state index in [0.29, 0.717) is 22.2 Å². The van der Waals surface area contributed by atoms with E-state index in [4.69, 9.17) is 10.2 Å². The van der Waals surface area contributed by atoms with Gasteiger partial charge in [-0.15, -0.1) is 0 Å². The number of phenols is 1. The quantitative estimate of drug-likeness (QED) is 0.472. The summed E-state index contributed by atoms with van der Waals surface area (Å²) < 4.78 is 0.521. The van der Waals surface area contributed by atoms with Gasteiger partial charge in [-0.3, -0.25) is 4.79 Å². The number of benzene rings is 1. The topological polar surface area (TPSA) is 57.5 Å². The van der Waals surface area contributed by atoms with Crippen LogP contribution in [0.15, 0.2) is 18.2 Å². The van der Waals surface area contributed by atoms with Crippen LogP contribution in [0.5, 0.6) is 5.75 Å². The molecule has 5 heteroatoms. The van der Waals surface area contributed by atoms with Crippen molar-refractivity contribution in [3.05, 3.63) is 29.3 Å². The summed E-state index contributed by atoms with van der Waals surface area (Å²) >= 11 is 0. The van der Waals surface area contributed by atoms with Crippen molar-refractivity contribution in [1.29, 1.82) is 0 Å². The molecule has 0 aliphatic rings. The lowest BCUT2D eigenvalue weighted by molar-refractivity contribution is 0.112. The highest BCUT2D eigenvalue weighted by atomic mass is 32.3. The standard InChI is InChI=1S/C10H24S.C8H8O3.C7H18S/c1-8(2)11(7,9(3)4)10(5)6;9-4-6-1-7(5-10)3-8(11)2-6;1-7(2,3)8(4,5)6/h8-10H,1-7H3;1-4,10-11H,5H2;1-6H3. The third-order valence-corrected chi connectivity index (χ3v) is 16.0. The molecule has 0 amide bonds. The number of hydrogen-bond acceptors (Lipinski definition) is 3. The second kappa shape index (κ2) is 13.0. The number of carbonyl (C=O) groups excluding carboxylic acids is 1. The van der Waals surface area contributed by atoms with Gasteiger partial charge in [-0.25, -0.2) is 20.1 Å².